The highest BCUT2D eigenvalue weighted by Gasteiger charge is 2.33. The molecule has 5 rings (SSSR count). The minimum Gasteiger partial charge on any atom is -0.496 e. The van der Waals surface area contributed by atoms with Crippen molar-refractivity contribution < 1.29 is 19.0 Å². The van der Waals surface area contributed by atoms with E-state index in [9.17, 15) is 4.79 Å². The van der Waals surface area contributed by atoms with Crippen LogP contribution in [0.1, 0.15) is 32.7 Å². The molecule has 3 heterocycles. The van der Waals surface area contributed by atoms with Gasteiger partial charge < -0.3 is 14.2 Å². The fourth-order valence-corrected chi connectivity index (χ4v) is 4.22. The van der Waals surface area contributed by atoms with Crippen LogP contribution in [0.25, 0.3) is 6.08 Å². The molecule has 0 atom stereocenters. The quantitative estimate of drug-likeness (QED) is 0.561. The predicted octanol–water partition coefficient (Wildman–Crippen LogP) is 4.41. The number of benzene rings is 2. The zero-order valence-corrected chi connectivity index (χ0v) is 18.1. The first-order chi connectivity index (χ1) is 15.6. The molecule has 2 aromatic carbocycles. The number of ether oxygens (including phenoxy) is 3. The largest absolute Gasteiger partial charge is 0.496 e. The van der Waals surface area contributed by atoms with Crippen LogP contribution in [-0.2, 0) is 13.0 Å². The topological polar surface area (TPSA) is 60.9 Å². The van der Waals surface area contributed by atoms with Gasteiger partial charge in [-0.3, -0.25) is 14.7 Å². The summed E-state index contributed by atoms with van der Waals surface area (Å²) < 4.78 is 17.5. The van der Waals surface area contributed by atoms with E-state index in [1.807, 2.05) is 49.4 Å². The summed E-state index contributed by atoms with van der Waals surface area (Å²) in [6.45, 7) is 3.97. The van der Waals surface area contributed by atoms with Crippen molar-refractivity contribution in [3.63, 3.8) is 0 Å². The molecule has 0 bridgehead atoms. The lowest BCUT2D eigenvalue weighted by atomic mass is 10.00. The van der Waals surface area contributed by atoms with Gasteiger partial charge >= 0.3 is 0 Å². The Morgan fingerprint density at radius 3 is 2.81 bits per heavy atom. The second-order valence-electron chi connectivity index (χ2n) is 7.95. The summed E-state index contributed by atoms with van der Waals surface area (Å²) in [6.07, 6.45) is 4.23. The number of hydrogen-bond donors (Lipinski definition) is 0. The van der Waals surface area contributed by atoms with Crippen molar-refractivity contribution >= 4 is 11.9 Å². The molecule has 0 amide bonds. The maximum Gasteiger partial charge on any atom is 0.232 e. The van der Waals surface area contributed by atoms with Crippen molar-refractivity contribution in [3.05, 3.63) is 88.4 Å². The van der Waals surface area contributed by atoms with Crippen molar-refractivity contribution in [1.82, 2.24) is 9.88 Å². The Labute approximate surface area is 187 Å². The van der Waals surface area contributed by atoms with E-state index in [1.54, 1.807) is 19.4 Å². The number of carbonyl (C=O) groups is 1. The summed E-state index contributed by atoms with van der Waals surface area (Å²) >= 11 is 0. The van der Waals surface area contributed by atoms with Crippen LogP contribution in [0.4, 0.5) is 0 Å². The van der Waals surface area contributed by atoms with Crippen LogP contribution >= 0.6 is 0 Å². The zero-order chi connectivity index (χ0) is 22.1. The highest BCUT2D eigenvalue weighted by molar-refractivity contribution is 6.15. The normalized spacial score (nSPS) is 16.3. The number of allylic oxidation sites excluding steroid dienone is 1. The molecule has 0 N–H and O–H groups in total. The number of carbonyl (C=O) groups excluding carboxylic acids is 1. The van der Waals surface area contributed by atoms with E-state index in [2.05, 4.69) is 16.0 Å². The minimum absolute atomic E-state index is 0.123. The number of aromatic nitrogens is 1. The maximum atomic E-state index is 13.0. The van der Waals surface area contributed by atoms with Crippen molar-refractivity contribution in [2.24, 2.45) is 0 Å². The van der Waals surface area contributed by atoms with E-state index in [0.717, 1.165) is 35.6 Å². The molecule has 0 saturated carbocycles. The van der Waals surface area contributed by atoms with E-state index in [4.69, 9.17) is 14.2 Å². The number of methoxy groups -OCH3 is 1. The number of para-hydroxylation sites is 1. The molecule has 3 aromatic rings. The molecule has 2 aliphatic rings. The Morgan fingerprint density at radius 2 is 2.00 bits per heavy atom. The van der Waals surface area contributed by atoms with Crippen LogP contribution < -0.4 is 14.2 Å². The first kappa shape index (κ1) is 20.3. The van der Waals surface area contributed by atoms with Crippen LogP contribution in [-0.4, -0.2) is 36.1 Å². The van der Waals surface area contributed by atoms with E-state index < -0.39 is 0 Å². The number of nitrogens with zero attached hydrogens (tertiary/aromatic N) is 2. The second kappa shape index (κ2) is 8.48. The highest BCUT2D eigenvalue weighted by atomic mass is 16.5. The molecule has 162 valence electrons. The lowest BCUT2D eigenvalue weighted by molar-refractivity contribution is 0.0952. The summed E-state index contributed by atoms with van der Waals surface area (Å²) in [7, 11) is 1.69. The fraction of sp³-hybridized carbons (Fsp3) is 0.231. The van der Waals surface area contributed by atoms with Gasteiger partial charge in [0.05, 0.1) is 18.4 Å². The first-order valence-corrected chi connectivity index (χ1v) is 10.6. The molecule has 0 aliphatic carbocycles. The van der Waals surface area contributed by atoms with Crippen molar-refractivity contribution in [2.75, 3.05) is 20.4 Å². The lowest BCUT2D eigenvalue weighted by Gasteiger charge is -2.30. The van der Waals surface area contributed by atoms with Gasteiger partial charge in [-0.25, -0.2) is 0 Å². The Morgan fingerprint density at radius 1 is 1.16 bits per heavy atom. The average molecular weight is 428 g/mol. The zero-order valence-electron chi connectivity index (χ0n) is 18.1. The third kappa shape index (κ3) is 3.74. The smallest absolute Gasteiger partial charge is 0.232 e. The lowest BCUT2D eigenvalue weighted by Crippen LogP contribution is -2.34. The van der Waals surface area contributed by atoms with E-state index in [1.165, 1.54) is 5.56 Å². The fourth-order valence-electron chi connectivity index (χ4n) is 4.22. The van der Waals surface area contributed by atoms with Gasteiger partial charge in [0.15, 0.2) is 5.76 Å². The number of fused-ring (bicyclic) bond motifs is 2. The summed E-state index contributed by atoms with van der Waals surface area (Å²) in [4.78, 5) is 19.5. The van der Waals surface area contributed by atoms with Crippen molar-refractivity contribution in [3.8, 4) is 17.2 Å². The number of Topliss-reactive ketones (excluding diaryl/α,β-unsaturated/α-hetero) is 1. The average Bonchev–Trinajstić information content (AvgIpc) is 3.14. The SMILES string of the molecule is COc1ccccc1CCN1COc2c(cc3c(c2C)O/C(=C\c2ccccn2)C3=O)C1. The van der Waals surface area contributed by atoms with Gasteiger partial charge in [-0.05, 0) is 43.2 Å². The molecule has 1 aromatic heterocycles. The Hall–Kier alpha value is -3.64. The standard InChI is InChI=1S/C26H24N2O4/c1-17-25-19(15-28(16-31-25)12-10-18-7-3-4-9-22(18)30-2)13-21-24(29)23(32-26(17)21)14-20-8-5-6-11-27-20/h3-9,11,13-14H,10,12,15-16H2,1-2H3/b23-14-. The summed E-state index contributed by atoms with van der Waals surface area (Å²) in [5.41, 5.74) is 4.30. The van der Waals surface area contributed by atoms with Crippen LogP contribution in [0.2, 0.25) is 0 Å². The molecule has 0 unspecified atom stereocenters. The number of pyridine rings is 1. The van der Waals surface area contributed by atoms with Crippen LogP contribution in [0, 0.1) is 6.92 Å². The van der Waals surface area contributed by atoms with E-state index >= 15 is 0 Å². The molecular formula is C26H24N2O4. The summed E-state index contributed by atoms with van der Waals surface area (Å²) in [5.74, 6) is 2.46. The molecule has 0 fully saturated rings. The van der Waals surface area contributed by atoms with E-state index in [0.29, 0.717) is 30.3 Å². The Balaban J connectivity index is 1.36. The van der Waals surface area contributed by atoms with Crippen LogP contribution in [0.3, 0.4) is 0 Å². The third-order valence-electron chi connectivity index (χ3n) is 5.86. The van der Waals surface area contributed by atoms with Gasteiger partial charge in [-0.1, -0.05) is 24.3 Å². The monoisotopic (exact) mass is 428 g/mol. The predicted molar refractivity (Wildman–Crippen MR) is 121 cm³/mol. The van der Waals surface area contributed by atoms with Gasteiger partial charge in [-0.2, -0.15) is 0 Å². The molecule has 32 heavy (non-hydrogen) atoms. The van der Waals surface area contributed by atoms with Crippen LogP contribution in [0.15, 0.2) is 60.5 Å². The number of hydrogen-bond acceptors (Lipinski definition) is 6. The van der Waals surface area contributed by atoms with Gasteiger partial charge in [0.1, 0.15) is 24.0 Å². The molecule has 0 radical (unpaired) electrons. The molecule has 6 nitrogen and oxygen atoms in total. The third-order valence-corrected chi connectivity index (χ3v) is 5.86. The Bertz CT molecular complexity index is 1200. The molecule has 0 saturated heterocycles. The van der Waals surface area contributed by atoms with Gasteiger partial charge in [0.2, 0.25) is 5.78 Å². The maximum absolute atomic E-state index is 13.0. The Kier molecular flexibility index (Phi) is 5.37. The first-order valence-electron chi connectivity index (χ1n) is 10.6. The second-order valence-corrected chi connectivity index (χ2v) is 7.95. The van der Waals surface area contributed by atoms with Gasteiger partial charge in [0.25, 0.3) is 0 Å². The molecule has 2 aliphatic heterocycles. The molecule has 6 heteroatoms. The molecular weight excluding hydrogens is 404 g/mol. The van der Waals surface area contributed by atoms with Crippen molar-refractivity contribution in [2.45, 2.75) is 19.9 Å². The van der Waals surface area contributed by atoms with Crippen LogP contribution in [0.5, 0.6) is 17.2 Å². The van der Waals surface area contributed by atoms with Gasteiger partial charge in [-0.15, -0.1) is 0 Å². The number of rotatable bonds is 5. The molecule has 0 spiro atoms. The summed E-state index contributed by atoms with van der Waals surface area (Å²) in [6, 6.07) is 15.5. The highest BCUT2D eigenvalue weighted by Crippen LogP contribution is 2.43. The minimum atomic E-state index is -0.123. The summed E-state index contributed by atoms with van der Waals surface area (Å²) in [5, 5.41) is 0. The van der Waals surface area contributed by atoms with Gasteiger partial charge in [0, 0.05) is 36.5 Å². The van der Waals surface area contributed by atoms with E-state index in [-0.39, 0.29) is 11.5 Å². The van der Waals surface area contributed by atoms with Crippen molar-refractivity contribution in [1.29, 1.82) is 0 Å². The number of ketones is 1.